The number of halogens is 1. The van der Waals surface area contributed by atoms with Crippen molar-refractivity contribution in [2.24, 2.45) is 0 Å². The summed E-state index contributed by atoms with van der Waals surface area (Å²) in [7, 11) is 1.23. The molecule has 1 saturated heterocycles. The second-order valence-electron chi connectivity index (χ2n) is 8.32. The van der Waals surface area contributed by atoms with Crippen molar-refractivity contribution in [1.29, 1.82) is 0 Å². The number of carbonyl (C=O) groups is 3. The fourth-order valence-corrected chi connectivity index (χ4v) is 5.16. The lowest BCUT2D eigenvalue weighted by atomic mass is 10.2. The van der Waals surface area contributed by atoms with Gasteiger partial charge in [-0.1, -0.05) is 28.1 Å². The molecule has 2 heterocycles. The topological polar surface area (TPSA) is 77.8 Å². The summed E-state index contributed by atoms with van der Waals surface area (Å²) in [4.78, 5) is 38.3. The number of carbonyl (C=O) groups excluding carboxylic acids is 3. The molecule has 1 fully saturated rings. The fourth-order valence-electron chi connectivity index (χ4n) is 4.00. The van der Waals surface area contributed by atoms with Crippen LogP contribution in [-0.2, 0) is 20.9 Å². The van der Waals surface area contributed by atoms with Crippen LogP contribution in [0.1, 0.15) is 29.4 Å². The minimum absolute atomic E-state index is 0.271. The van der Waals surface area contributed by atoms with Crippen LogP contribution in [-0.4, -0.2) is 39.7 Å². The van der Waals surface area contributed by atoms with Crippen LogP contribution in [0.15, 0.2) is 64.0 Å². The van der Waals surface area contributed by atoms with Gasteiger partial charge in [-0.25, -0.2) is 4.79 Å². The molecule has 1 atom stereocenters. The van der Waals surface area contributed by atoms with E-state index in [2.05, 4.69) is 25.2 Å². The van der Waals surface area contributed by atoms with Crippen molar-refractivity contribution in [3.8, 4) is 11.4 Å². The van der Waals surface area contributed by atoms with E-state index in [1.807, 2.05) is 68.4 Å². The van der Waals surface area contributed by atoms with Crippen molar-refractivity contribution in [2.75, 3.05) is 7.11 Å². The van der Waals surface area contributed by atoms with E-state index < -0.39 is 23.2 Å². The molecule has 7 nitrogen and oxygen atoms in total. The molecular formula is C27H25BrN2O5S. The first kappa shape index (κ1) is 25.8. The highest BCUT2D eigenvalue weighted by atomic mass is 79.9. The first-order chi connectivity index (χ1) is 17.2. The van der Waals surface area contributed by atoms with E-state index in [1.54, 1.807) is 6.08 Å². The van der Waals surface area contributed by atoms with Gasteiger partial charge in [-0.3, -0.25) is 14.5 Å². The number of aromatic nitrogens is 1. The third-order valence-electron chi connectivity index (χ3n) is 5.92. The van der Waals surface area contributed by atoms with Gasteiger partial charge in [0.05, 0.1) is 12.0 Å². The minimum Gasteiger partial charge on any atom is -0.489 e. The van der Waals surface area contributed by atoms with E-state index in [9.17, 15) is 14.4 Å². The third-order valence-corrected chi connectivity index (χ3v) is 7.34. The number of rotatable bonds is 7. The lowest BCUT2D eigenvalue weighted by Gasteiger charge is -2.18. The van der Waals surface area contributed by atoms with Crippen molar-refractivity contribution < 1.29 is 23.9 Å². The molecule has 9 heteroatoms. The number of benzene rings is 2. The summed E-state index contributed by atoms with van der Waals surface area (Å²) in [6.45, 7) is 5.89. The van der Waals surface area contributed by atoms with E-state index in [-0.39, 0.29) is 4.91 Å². The molecule has 3 aromatic rings. The third kappa shape index (κ3) is 5.27. The van der Waals surface area contributed by atoms with Crippen molar-refractivity contribution in [1.82, 2.24) is 9.47 Å². The molecule has 0 saturated carbocycles. The van der Waals surface area contributed by atoms with Gasteiger partial charge in [-0.05, 0) is 92.2 Å². The van der Waals surface area contributed by atoms with Gasteiger partial charge in [0.15, 0.2) is 0 Å². The number of esters is 1. The van der Waals surface area contributed by atoms with Crippen LogP contribution >= 0.6 is 27.7 Å². The Morgan fingerprint density at radius 2 is 1.75 bits per heavy atom. The van der Waals surface area contributed by atoms with Crippen LogP contribution in [0.4, 0.5) is 4.79 Å². The highest BCUT2D eigenvalue weighted by Gasteiger charge is 2.41. The van der Waals surface area contributed by atoms with Gasteiger partial charge in [0.2, 0.25) is 0 Å². The first-order valence-electron chi connectivity index (χ1n) is 11.2. The van der Waals surface area contributed by atoms with Crippen LogP contribution in [0, 0.1) is 13.8 Å². The Morgan fingerprint density at radius 3 is 2.39 bits per heavy atom. The van der Waals surface area contributed by atoms with Crippen molar-refractivity contribution in [3.63, 3.8) is 0 Å². The quantitative estimate of drug-likeness (QED) is 0.255. The number of hydrogen-bond donors (Lipinski definition) is 0. The summed E-state index contributed by atoms with van der Waals surface area (Å²) in [6, 6.07) is 16.8. The lowest BCUT2D eigenvalue weighted by molar-refractivity contribution is -0.148. The van der Waals surface area contributed by atoms with Crippen LogP contribution in [0.3, 0.4) is 0 Å². The number of nitrogens with zero attached hydrogens (tertiary/aromatic N) is 2. The molecule has 1 aliphatic rings. The largest absolute Gasteiger partial charge is 0.489 e. The van der Waals surface area contributed by atoms with E-state index in [0.717, 1.165) is 55.1 Å². The van der Waals surface area contributed by atoms with Gasteiger partial charge >= 0.3 is 5.97 Å². The SMILES string of the molecule is COC(=O)[C@@H](C)N1C(=O)S/C(=C/c2cc(C)n(-c3ccc(OCc4ccc(Br)cc4)cc3)c2C)C1=O. The zero-order valence-corrected chi connectivity index (χ0v) is 22.7. The Bertz CT molecular complexity index is 1350. The van der Waals surface area contributed by atoms with Crippen LogP contribution in [0.5, 0.6) is 5.75 Å². The molecule has 0 radical (unpaired) electrons. The standard InChI is InChI=1S/C27H25BrN2O5S/c1-16-13-20(14-24-25(31)30(27(33)36-24)18(3)26(32)34-4)17(2)29(16)22-9-11-23(12-10-22)35-15-19-5-7-21(28)8-6-19/h5-14,18H,15H2,1-4H3/b24-14+/t18-/m1/s1. The number of imide groups is 1. The predicted molar refractivity (Wildman–Crippen MR) is 143 cm³/mol. The molecular weight excluding hydrogens is 544 g/mol. The molecule has 0 N–H and O–H groups in total. The molecule has 0 aliphatic carbocycles. The van der Waals surface area contributed by atoms with Crippen LogP contribution in [0.2, 0.25) is 0 Å². The van der Waals surface area contributed by atoms with E-state index >= 15 is 0 Å². The summed E-state index contributed by atoms with van der Waals surface area (Å²) in [5, 5.41) is -0.489. The predicted octanol–water partition coefficient (Wildman–Crippen LogP) is 6.03. The molecule has 1 aliphatic heterocycles. The van der Waals surface area contributed by atoms with Gasteiger partial charge in [-0.15, -0.1) is 0 Å². The average Bonchev–Trinajstić information content (AvgIpc) is 3.31. The number of amides is 2. The maximum atomic E-state index is 12.9. The Balaban J connectivity index is 1.52. The monoisotopic (exact) mass is 568 g/mol. The van der Waals surface area contributed by atoms with Gasteiger partial charge in [0.1, 0.15) is 18.4 Å². The molecule has 0 unspecified atom stereocenters. The molecule has 2 amide bonds. The van der Waals surface area contributed by atoms with E-state index in [0.29, 0.717) is 6.61 Å². The molecule has 4 rings (SSSR count). The zero-order valence-electron chi connectivity index (χ0n) is 20.3. The Morgan fingerprint density at radius 1 is 1.08 bits per heavy atom. The Labute approximate surface area is 222 Å². The number of ether oxygens (including phenoxy) is 2. The zero-order chi connectivity index (χ0) is 26.0. The molecule has 1 aromatic heterocycles. The maximum Gasteiger partial charge on any atom is 0.328 e. The summed E-state index contributed by atoms with van der Waals surface area (Å²) < 4.78 is 13.7. The fraction of sp³-hybridized carbons (Fsp3) is 0.222. The average molecular weight is 569 g/mol. The molecule has 186 valence electrons. The van der Waals surface area contributed by atoms with Gasteiger partial charge in [-0.2, -0.15) is 0 Å². The highest BCUT2D eigenvalue weighted by molar-refractivity contribution is 9.10. The molecule has 0 bridgehead atoms. The molecule has 36 heavy (non-hydrogen) atoms. The summed E-state index contributed by atoms with van der Waals surface area (Å²) in [5.41, 5.74) is 4.75. The van der Waals surface area contributed by atoms with Crippen LogP contribution < -0.4 is 4.74 Å². The highest BCUT2D eigenvalue weighted by Crippen LogP contribution is 2.35. The van der Waals surface area contributed by atoms with Crippen molar-refractivity contribution in [3.05, 3.63) is 86.5 Å². The minimum atomic E-state index is -0.981. The second-order valence-corrected chi connectivity index (χ2v) is 10.2. The summed E-state index contributed by atoms with van der Waals surface area (Å²) in [6.07, 6.45) is 1.70. The van der Waals surface area contributed by atoms with E-state index in [4.69, 9.17) is 4.74 Å². The van der Waals surface area contributed by atoms with Crippen LogP contribution in [0.25, 0.3) is 11.8 Å². The van der Waals surface area contributed by atoms with Gasteiger partial charge in [0, 0.05) is 21.5 Å². The summed E-state index contributed by atoms with van der Waals surface area (Å²) in [5.74, 6) is -0.376. The second kappa shape index (κ2) is 10.8. The number of aryl methyl sites for hydroxylation is 1. The number of hydrogen-bond acceptors (Lipinski definition) is 6. The van der Waals surface area contributed by atoms with Crippen molar-refractivity contribution >= 4 is 50.9 Å². The van der Waals surface area contributed by atoms with Crippen molar-refractivity contribution in [2.45, 2.75) is 33.4 Å². The number of thioether (sulfide) groups is 1. The Hall–Kier alpha value is -3.30. The summed E-state index contributed by atoms with van der Waals surface area (Å²) >= 11 is 4.25. The van der Waals surface area contributed by atoms with E-state index in [1.165, 1.54) is 14.0 Å². The molecule has 0 spiro atoms. The van der Waals surface area contributed by atoms with Gasteiger partial charge in [0.25, 0.3) is 11.1 Å². The number of methoxy groups -OCH3 is 1. The maximum absolute atomic E-state index is 12.9. The van der Waals surface area contributed by atoms with Gasteiger partial charge < -0.3 is 14.0 Å². The molecule has 2 aromatic carbocycles. The Kier molecular flexibility index (Phi) is 7.70. The first-order valence-corrected chi connectivity index (χ1v) is 12.8. The normalized spacial score (nSPS) is 15.5. The lowest BCUT2D eigenvalue weighted by Crippen LogP contribution is -2.42. The smallest absolute Gasteiger partial charge is 0.328 e.